The van der Waals surface area contributed by atoms with Crippen molar-refractivity contribution in [2.45, 2.75) is 20.0 Å². The SMILES string of the molecule is Cc1cc(OC(C)C(=O)Nc2nc3ccc(Cl)cc3s2)ccc1Cl. The van der Waals surface area contributed by atoms with Crippen LogP contribution in [0.1, 0.15) is 12.5 Å². The molecule has 7 heteroatoms. The Hall–Kier alpha value is -1.82. The zero-order chi connectivity index (χ0) is 17.3. The van der Waals surface area contributed by atoms with Gasteiger partial charge in [-0.1, -0.05) is 34.5 Å². The second-order valence-corrected chi connectivity index (χ2v) is 7.17. The second-order valence-electron chi connectivity index (χ2n) is 5.29. The second kappa shape index (κ2) is 6.97. The summed E-state index contributed by atoms with van der Waals surface area (Å²) in [5.41, 5.74) is 1.69. The number of fused-ring (bicyclic) bond motifs is 1. The lowest BCUT2D eigenvalue weighted by molar-refractivity contribution is -0.122. The molecule has 0 fully saturated rings. The highest BCUT2D eigenvalue weighted by atomic mass is 35.5. The van der Waals surface area contributed by atoms with Gasteiger partial charge in [0.2, 0.25) is 0 Å². The highest BCUT2D eigenvalue weighted by Crippen LogP contribution is 2.28. The normalized spacial score (nSPS) is 12.2. The van der Waals surface area contributed by atoms with Gasteiger partial charge in [0.25, 0.3) is 5.91 Å². The summed E-state index contributed by atoms with van der Waals surface area (Å²) in [4.78, 5) is 16.7. The molecule has 2 aromatic carbocycles. The van der Waals surface area contributed by atoms with E-state index in [9.17, 15) is 4.79 Å². The molecular weight excluding hydrogens is 367 g/mol. The van der Waals surface area contributed by atoms with Gasteiger partial charge in [-0.3, -0.25) is 10.1 Å². The van der Waals surface area contributed by atoms with Crippen LogP contribution in [0.2, 0.25) is 10.0 Å². The maximum absolute atomic E-state index is 12.3. The topological polar surface area (TPSA) is 51.2 Å². The van der Waals surface area contributed by atoms with Gasteiger partial charge in [-0.15, -0.1) is 0 Å². The Labute approximate surface area is 153 Å². The molecule has 3 aromatic rings. The molecule has 0 aliphatic rings. The first-order valence-corrected chi connectivity index (χ1v) is 8.79. The third kappa shape index (κ3) is 3.80. The van der Waals surface area contributed by atoms with E-state index in [-0.39, 0.29) is 5.91 Å². The van der Waals surface area contributed by atoms with Gasteiger partial charge in [0.1, 0.15) is 5.75 Å². The fraction of sp³-hybridized carbons (Fsp3) is 0.176. The largest absolute Gasteiger partial charge is 0.481 e. The summed E-state index contributed by atoms with van der Waals surface area (Å²) in [6.07, 6.45) is -0.666. The van der Waals surface area contributed by atoms with E-state index in [0.717, 1.165) is 15.8 Å². The lowest BCUT2D eigenvalue weighted by Gasteiger charge is -2.14. The summed E-state index contributed by atoms with van der Waals surface area (Å²) in [6.45, 7) is 3.57. The van der Waals surface area contributed by atoms with Crippen molar-refractivity contribution in [3.63, 3.8) is 0 Å². The van der Waals surface area contributed by atoms with E-state index in [0.29, 0.717) is 20.9 Å². The van der Waals surface area contributed by atoms with Crippen LogP contribution in [-0.2, 0) is 4.79 Å². The summed E-state index contributed by atoms with van der Waals surface area (Å²) >= 11 is 13.3. The van der Waals surface area contributed by atoms with Gasteiger partial charge in [-0.05, 0) is 55.8 Å². The van der Waals surface area contributed by atoms with Gasteiger partial charge >= 0.3 is 0 Å². The van der Waals surface area contributed by atoms with Gasteiger partial charge in [-0.2, -0.15) is 0 Å². The van der Waals surface area contributed by atoms with Gasteiger partial charge in [-0.25, -0.2) is 4.98 Å². The summed E-state index contributed by atoms with van der Waals surface area (Å²) in [7, 11) is 0. The number of hydrogen-bond donors (Lipinski definition) is 1. The minimum absolute atomic E-state index is 0.271. The number of hydrogen-bond acceptors (Lipinski definition) is 4. The van der Waals surface area contributed by atoms with E-state index in [1.54, 1.807) is 31.2 Å². The van der Waals surface area contributed by atoms with E-state index < -0.39 is 6.10 Å². The van der Waals surface area contributed by atoms with Gasteiger partial charge in [0.15, 0.2) is 11.2 Å². The highest BCUT2D eigenvalue weighted by molar-refractivity contribution is 7.22. The lowest BCUT2D eigenvalue weighted by Crippen LogP contribution is -2.30. The first-order valence-electron chi connectivity index (χ1n) is 7.22. The molecule has 0 radical (unpaired) electrons. The quantitative estimate of drug-likeness (QED) is 0.666. The molecule has 0 saturated carbocycles. The number of ether oxygens (including phenoxy) is 1. The van der Waals surface area contributed by atoms with E-state index in [4.69, 9.17) is 27.9 Å². The molecular formula is C17H14Cl2N2O2S. The molecule has 1 N–H and O–H groups in total. The number of halogens is 2. The number of nitrogens with one attached hydrogen (secondary N) is 1. The van der Waals surface area contributed by atoms with Crippen molar-refractivity contribution >= 4 is 55.8 Å². The monoisotopic (exact) mass is 380 g/mol. The molecule has 1 aromatic heterocycles. The smallest absolute Gasteiger partial charge is 0.266 e. The minimum Gasteiger partial charge on any atom is -0.481 e. The van der Waals surface area contributed by atoms with Crippen LogP contribution in [0.4, 0.5) is 5.13 Å². The van der Waals surface area contributed by atoms with Crippen LogP contribution in [0.25, 0.3) is 10.2 Å². The van der Waals surface area contributed by atoms with Crippen LogP contribution in [0, 0.1) is 6.92 Å². The van der Waals surface area contributed by atoms with Crippen molar-refractivity contribution in [3.8, 4) is 5.75 Å². The average Bonchev–Trinajstić information content (AvgIpc) is 2.92. The Morgan fingerprint density at radius 2 is 2.04 bits per heavy atom. The Bertz CT molecular complexity index is 911. The Morgan fingerprint density at radius 3 is 2.79 bits per heavy atom. The number of nitrogens with zero attached hydrogens (tertiary/aromatic N) is 1. The average molecular weight is 381 g/mol. The van der Waals surface area contributed by atoms with Gasteiger partial charge in [0, 0.05) is 10.0 Å². The molecule has 124 valence electrons. The van der Waals surface area contributed by atoms with Crippen molar-refractivity contribution < 1.29 is 9.53 Å². The molecule has 1 atom stereocenters. The zero-order valence-electron chi connectivity index (χ0n) is 13.0. The van der Waals surface area contributed by atoms with E-state index in [1.807, 2.05) is 19.1 Å². The van der Waals surface area contributed by atoms with Crippen molar-refractivity contribution in [2.24, 2.45) is 0 Å². The van der Waals surface area contributed by atoms with Crippen molar-refractivity contribution in [2.75, 3.05) is 5.32 Å². The third-order valence-electron chi connectivity index (χ3n) is 3.39. The molecule has 24 heavy (non-hydrogen) atoms. The van der Waals surface area contributed by atoms with Crippen molar-refractivity contribution in [1.82, 2.24) is 4.98 Å². The van der Waals surface area contributed by atoms with E-state index in [2.05, 4.69) is 10.3 Å². The Balaban J connectivity index is 1.69. The maximum Gasteiger partial charge on any atom is 0.266 e. The Kier molecular flexibility index (Phi) is 4.94. The number of carbonyl (C=O) groups excluding carboxylic acids is 1. The van der Waals surface area contributed by atoms with Crippen LogP contribution in [0.5, 0.6) is 5.75 Å². The lowest BCUT2D eigenvalue weighted by atomic mass is 10.2. The number of benzene rings is 2. The number of thiazole rings is 1. The third-order valence-corrected chi connectivity index (χ3v) is 4.98. The number of carbonyl (C=O) groups is 1. The Morgan fingerprint density at radius 1 is 1.25 bits per heavy atom. The first kappa shape index (κ1) is 17.0. The van der Waals surface area contributed by atoms with Crippen LogP contribution in [0.3, 0.4) is 0 Å². The van der Waals surface area contributed by atoms with E-state index >= 15 is 0 Å². The number of aryl methyl sites for hydroxylation is 1. The standard InChI is InChI=1S/C17H14Cl2N2O2S/c1-9-7-12(4-5-13(9)19)23-10(2)16(22)21-17-20-14-6-3-11(18)8-15(14)24-17/h3-8,10H,1-2H3,(H,20,21,22). The predicted molar refractivity (Wildman–Crippen MR) is 99.5 cm³/mol. The molecule has 4 nitrogen and oxygen atoms in total. The van der Waals surface area contributed by atoms with Crippen LogP contribution in [-0.4, -0.2) is 17.0 Å². The summed E-state index contributed by atoms with van der Waals surface area (Å²) in [5.74, 6) is 0.323. The molecule has 0 aliphatic heterocycles. The molecule has 1 unspecified atom stereocenters. The van der Waals surface area contributed by atoms with Gasteiger partial charge in [0.05, 0.1) is 10.2 Å². The van der Waals surface area contributed by atoms with Crippen molar-refractivity contribution in [3.05, 3.63) is 52.0 Å². The zero-order valence-corrected chi connectivity index (χ0v) is 15.3. The molecule has 1 amide bonds. The predicted octanol–water partition coefficient (Wildman–Crippen LogP) is 5.32. The number of anilines is 1. The fourth-order valence-corrected chi connectivity index (χ4v) is 3.37. The number of aromatic nitrogens is 1. The van der Waals surface area contributed by atoms with Crippen molar-refractivity contribution in [1.29, 1.82) is 0 Å². The van der Waals surface area contributed by atoms with Gasteiger partial charge < -0.3 is 4.74 Å². The highest BCUT2D eigenvalue weighted by Gasteiger charge is 2.17. The minimum atomic E-state index is -0.666. The maximum atomic E-state index is 12.3. The molecule has 0 aliphatic carbocycles. The summed E-state index contributed by atoms with van der Waals surface area (Å²) < 4.78 is 6.58. The molecule has 3 rings (SSSR count). The fourth-order valence-electron chi connectivity index (χ4n) is 2.11. The molecule has 0 spiro atoms. The first-order chi connectivity index (χ1) is 11.4. The molecule has 1 heterocycles. The van der Waals surface area contributed by atoms with Crippen LogP contribution >= 0.6 is 34.5 Å². The van der Waals surface area contributed by atoms with E-state index in [1.165, 1.54) is 11.3 Å². The summed E-state index contributed by atoms with van der Waals surface area (Å²) in [6, 6.07) is 10.7. The summed E-state index contributed by atoms with van der Waals surface area (Å²) in [5, 5.41) is 4.58. The molecule has 0 bridgehead atoms. The molecule has 0 saturated heterocycles. The van der Waals surface area contributed by atoms with Crippen LogP contribution < -0.4 is 10.1 Å². The number of amides is 1. The number of rotatable bonds is 4. The van der Waals surface area contributed by atoms with Crippen LogP contribution in [0.15, 0.2) is 36.4 Å².